The van der Waals surface area contributed by atoms with Crippen LogP contribution in [0.5, 0.6) is 0 Å². The second kappa shape index (κ2) is 11.0. The quantitative estimate of drug-likeness (QED) is 0.294. The summed E-state index contributed by atoms with van der Waals surface area (Å²) in [5, 5.41) is 0. The fourth-order valence-electron chi connectivity index (χ4n) is 4.54. The summed E-state index contributed by atoms with van der Waals surface area (Å²) in [6.45, 7) is 2.24. The van der Waals surface area contributed by atoms with Gasteiger partial charge in [0.1, 0.15) is 12.6 Å². The Morgan fingerprint density at radius 1 is 0.647 bits per heavy atom. The van der Waals surface area contributed by atoms with E-state index in [-0.39, 0.29) is 12.1 Å². The molecule has 1 aliphatic rings. The molecule has 4 aromatic carbocycles. The summed E-state index contributed by atoms with van der Waals surface area (Å²) in [7, 11) is 0. The lowest BCUT2D eigenvalue weighted by Gasteiger charge is -2.31. The summed E-state index contributed by atoms with van der Waals surface area (Å²) in [6.07, 6.45) is 0.848. The number of nitrogens with zero attached hydrogens (tertiary/aromatic N) is 2. The molecule has 0 aromatic heterocycles. The van der Waals surface area contributed by atoms with Crippen molar-refractivity contribution >= 4 is 5.90 Å². The summed E-state index contributed by atoms with van der Waals surface area (Å²) < 4.78 is 6.32. The molecule has 3 heteroatoms. The summed E-state index contributed by atoms with van der Waals surface area (Å²) in [4.78, 5) is 7.62. The Balaban J connectivity index is 1.50. The molecular formula is C31H30N2O. The first-order valence-corrected chi connectivity index (χ1v) is 12.0. The van der Waals surface area contributed by atoms with Crippen molar-refractivity contribution in [3.63, 3.8) is 0 Å². The average molecular weight is 447 g/mol. The van der Waals surface area contributed by atoms with Crippen LogP contribution in [0.3, 0.4) is 0 Å². The first-order valence-electron chi connectivity index (χ1n) is 12.0. The first-order chi connectivity index (χ1) is 16.8. The average Bonchev–Trinajstić information content (AvgIpc) is 3.39. The molecule has 0 amide bonds. The fourth-order valence-corrected chi connectivity index (χ4v) is 4.54. The van der Waals surface area contributed by atoms with Crippen LogP contribution in [0.4, 0.5) is 0 Å². The molecule has 0 saturated heterocycles. The molecular weight excluding hydrogens is 416 g/mol. The predicted molar refractivity (Wildman–Crippen MR) is 139 cm³/mol. The Labute approximate surface area is 202 Å². The van der Waals surface area contributed by atoms with E-state index < -0.39 is 0 Å². The van der Waals surface area contributed by atoms with Crippen molar-refractivity contribution in [1.82, 2.24) is 4.90 Å². The number of rotatable bonds is 9. The highest BCUT2D eigenvalue weighted by atomic mass is 16.5. The third kappa shape index (κ3) is 5.62. The Bertz CT molecular complexity index is 1140. The maximum absolute atomic E-state index is 6.32. The van der Waals surface area contributed by atoms with Gasteiger partial charge in [-0.3, -0.25) is 4.90 Å². The van der Waals surface area contributed by atoms with E-state index in [4.69, 9.17) is 9.73 Å². The SMILES string of the molecule is c1ccc(C[C@H](C2=N[C@H](c3ccccc3)CO2)N(Cc2ccccc2)Cc2ccccc2)cc1. The van der Waals surface area contributed by atoms with Crippen LogP contribution in [0.25, 0.3) is 0 Å². The molecule has 0 radical (unpaired) electrons. The van der Waals surface area contributed by atoms with Gasteiger partial charge in [-0.05, 0) is 28.7 Å². The number of aliphatic imine (C=N–C) groups is 1. The highest BCUT2D eigenvalue weighted by Crippen LogP contribution is 2.27. The summed E-state index contributed by atoms with van der Waals surface area (Å²) in [5.74, 6) is 0.838. The van der Waals surface area contributed by atoms with Crippen LogP contribution in [-0.2, 0) is 24.2 Å². The smallest absolute Gasteiger partial charge is 0.202 e. The number of ether oxygens (including phenoxy) is 1. The van der Waals surface area contributed by atoms with Crippen LogP contribution < -0.4 is 0 Å². The van der Waals surface area contributed by atoms with Crippen LogP contribution in [0, 0.1) is 0 Å². The van der Waals surface area contributed by atoms with Crippen molar-refractivity contribution in [2.24, 2.45) is 4.99 Å². The Morgan fingerprint density at radius 3 is 1.65 bits per heavy atom. The maximum Gasteiger partial charge on any atom is 0.202 e. The van der Waals surface area contributed by atoms with Crippen molar-refractivity contribution in [2.45, 2.75) is 31.6 Å². The van der Waals surface area contributed by atoms with Gasteiger partial charge < -0.3 is 4.74 Å². The van der Waals surface area contributed by atoms with Crippen LogP contribution in [0.15, 0.2) is 126 Å². The molecule has 1 aliphatic heterocycles. The van der Waals surface area contributed by atoms with Crippen LogP contribution in [-0.4, -0.2) is 23.4 Å². The van der Waals surface area contributed by atoms with Gasteiger partial charge in [-0.25, -0.2) is 4.99 Å². The van der Waals surface area contributed by atoms with Gasteiger partial charge in [0.25, 0.3) is 0 Å². The van der Waals surface area contributed by atoms with Crippen molar-refractivity contribution in [2.75, 3.05) is 6.61 Å². The Morgan fingerprint density at radius 2 is 1.12 bits per heavy atom. The van der Waals surface area contributed by atoms with E-state index in [1.807, 2.05) is 6.07 Å². The molecule has 3 nitrogen and oxygen atoms in total. The van der Waals surface area contributed by atoms with Crippen molar-refractivity contribution < 1.29 is 4.74 Å². The minimum atomic E-state index is 0.0384. The number of hydrogen-bond donors (Lipinski definition) is 0. The molecule has 2 atom stereocenters. The molecule has 0 fully saturated rings. The van der Waals surface area contributed by atoms with Gasteiger partial charge in [0.05, 0.1) is 6.04 Å². The van der Waals surface area contributed by atoms with E-state index >= 15 is 0 Å². The van der Waals surface area contributed by atoms with Gasteiger partial charge in [-0.2, -0.15) is 0 Å². The van der Waals surface area contributed by atoms with E-state index in [9.17, 15) is 0 Å². The van der Waals surface area contributed by atoms with Crippen molar-refractivity contribution in [3.8, 4) is 0 Å². The van der Waals surface area contributed by atoms with Gasteiger partial charge in [0.2, 0.25) is 5.90 Å². The highest BCUT2D eigenvalue weighted by molar-refractivity contribution is 5.83. The lowest BCUT2D eigenvalue weighted by molar-refractivity contribution is 0.191. The molecule has 0 bridgehead atoms. The summed E-state index contributed by atoms with van der Waals surface area (Å²) in [5.41, 5.74) is 5.06. The molecule has 0 N–H and O–H groups in total. The molecule has 34 heavy (non-hydrogen) atoms. The largest absolute Gasteiger partial charge is 0.477 e. The van der Waals surface area contributed by atoms with Crippen LogP contribution in [0.1, 0.15) is 28.3 Å². The van der Waals surface area contributed by atoms with E-state index in [0.29, 0.717) is 6.61 Å². The fraction of sp³-hybridized carbons (Fsp3) is 0.194. The molecule has 0 unspecified atom stereocenters. The summed E-state index contributed by atoms with van der Waals surface area (Å²) >= 11 is 0. The van der Waals surface area contributed by atoms with Gasteiger partial charge in [-0.15, -0.1) is 0 Å². The minimum absolute atomic E-state index is 0.0384. The zero-order valence-electron chi connectivity index (χ0n) is 19.3. The third-order valence-electron chi connectivity index (χ3n) is 6.31. The van der Waals surface area contributed by atoms with Gasteiger partial charge >= 0.3 is 0 Å². The number of benzene rings is 4. The molecule has 4 aromatic rings. The lowest BCUT2D eigenvalue weighted by Crippen LogP contribution is -2.42. The standard InChI is InChI=1S/C31H30N2O/c1-5-13-25(14-6-1)21-30(31-32-29(24-34-31)28-19-11-4-12-20-28)33(22-26-15-7-2-8-16-26)23-27-17-9-3-10-18-27/h1-20,29-30H,21-24H2/t29-,30+/m0/s1. The Kier molecular flexibility index (Phi) is 7.13. The van der Waals surface area contributed by atoms with E-state index in [2.05, 4.69) is 120 Å². The zero-order valence-corrected chi connectivity index (χ0v) is 19.3. The van der Waals surface area contributed by atoms with E-state index in [1.54, 1.807) is 0 Å². The van der Waals surface area contributed by atoms with Gasteiger partial charge in [0, 0.05) is 13.1 Å². The number of hydrogen-bond acceptors (Lipinski definition) is 3. The van der Waals surface area contributed by atoms with E-state index in [0.717, 1.165) is 25.4 Å². The lowest BCUT2D eigenvalue weighted by atomic mass is 10.0. The molecule has 0 saturated carbocycles. The van der Waals surface area contributed by atoms with Gasteiger partial charge in [0.15, 0.2) is 0 Å². The summed E-state index contributed by atoms with van der Waals surface area (Å²) in [6, 6.07) is 42.6. The van der Waals surface area contributed by atoms with Crippen molar-refractivity contribution in [1.29, 1.82) is 0 Å². The predicted octanol–water partition coefficient (Wildman–Crippen LogP) is 6.47. The minimum Gasteiger partial charge on any atom is -0.477 e. The third-order valence-corrected chi connectivity index (χ3v) is 6.31. The topological polar surface area (TPSA) is 24.8 Å². The van der Waals surface area contributed by atoms with Crippen LogP contribution in [0.2, 0.25) is 0 Å². The molecule has 0 spiro atoms. The second-order valence-electron chi connectivity index (χ2n) is 8.79. The van der Waals surface area contributed by atoms with Crippen molar-refractivity contribution in [3.05, 3.63) is 144 Å². The molecule has 5 rings (SSSR count). The molecule has 170 valence electrons. The highest BCUT2D eigenvalue weighted by Gasteiger charge is 2.31. The second-order valence-corrected chi connectivity index (χ2v) is 8.79. The van der Waals surface area contributed by atoms with Gasteiger partial charge in [-0.1, -0.05) is 121 Å². The first kappa shape index (κ1) is 22.1. The monoisotopic (exact) mass is 446 g/mol. The molecule has 1 heterocycles. The van der Waals surface area contributed by atoms with Crippen LogP contribution >= 0.6 is 0 Å². The zero-order chi connectivity index (χ0) is 23.0. The maximum atomic E-state index is 6.32. The Hall–Kier alpha value is -3.69. The normalized spacial score (nSPS) is 16.1. The molecule has 0 aliphatic carbocycles. The van der Waals surface area contributed by atoms with E-state index in [1.165, 1.54) is 22.3 Å².